The molecule has 1 aliphatic rings. The number of pyridine rings is 2. The minimum atomic E-state index is -0.226. The van der Waals surface area contributed by atoms with Gasteiger partial charge in [-0.3, -0.25) is 20.0 Å². The molecule has 6 aromatic rings. The van der Waals surface area contributed by atoms with Crippen molar-refractivity contribution in [3.63, 3.8) is 0 Å². The van der Waals surface area contributed by atoms with Crippen molar-refractivity contribution in [1.29, 1.82) is 0 Å². The predicted molar refractivity (Wildman–Crippen MR) is 149 cm³/mol. The summed E-state index contributed by atoms with van der Waals surface area (Å²) in [6.07, 6.45) is 7.92. The molecule has 1 aliphatic heterocycles. The van der Waals surface area contributed by atoms with Crippen molar-refractivity contribution in [2.45, 2.75) is 12.8 Å². The number of aromatic amines is 2. The summed E-state index contributed by atoms with van der Waals surface area (Å²) in [5.41, 5.74) is 6.32. The highest BCUT2D eigenvalue weighted by molar-refractivity contribution is 7.13. The highest BCUT2D eigenvalue weighted by Crippen LogP contribution is 2.36. The van der Waals surface area contributed by atoms with Crippen LogP contribution < -0.4 is 4.74 Å². The van der Waals surface area contributed by atoms with E-state index in [-0.39, 0.29) is 5.13 Å². The van der Waals surface area contributed by atoms with Gasteiger partial charge in [-0.05, 0) is 74.0 Å². The Balaban J connectivity index is 1.20. The molecule has 0 aliphatic carbocycles. The topological polar surface area (TPSA) is 82.7 Å². The second-order valence-corrected chi connectivity index (χ2v) is 10.6. The van der Waals surface area contributed by atoms with Crippen LogP contribution in [0.15, 0.2) is 67.1 Å². The molecule has 0 spiro atoms. The summed E-state index contributed by atoms with van der Waals surface area (Å²) in [5, 5.41) is 9.46. The SMILES string of the molecule is Fc1ccc(-c2nccc3[nH]c(-c4n[nH]c5ccc(-c6cncc(OCCN7CCCC7)c6)cc45)cc23)s1. The van der Waals surface area contributed by atoms with Crippen molar-refractivity contribution < 1.29 is 9.13 Å². The molecule has 0 bridgehead atoms. The van der Waals surface area contributed by atoms with Crippen LogP contribution in [0.3, 0.4) is 0 Å². The number of hydrogen-bond donors (Lipinski definition) is 2. The molecule has 6 heterocycles. The molecule has 9 heteroatoms. The number of likely N-dealkylation sites (tertiary alicyclic amines) is 1. The molecule has 0 amide bonds. The van der Waals surface area contributed by atoms with Crippen molar-refractivity contribution in [2.24, 2.45) is 0 Å². The van der Waals surface area contributed by atoms with Gasteiger partial charge in [0.2, 0.25) is 0 Å². The maximum Gasteiger partial charge on any atom is 0.177 e. The van der Waals surface area contributed by atoms with E-state index in [2.05, 4.69) is 42.2 Å². The summed E-state index contributed by atoms with van der Waals surface area (Å²) in [6.45, 7) is 3.92. The van der Waals surface area contributed by atoms with Crippen LogP contribution in [0.4, 0.5) is 4.39 Å². The van der Waals surface area contributed by atoms with Gasteiger partial charge in [0, 0.05) is 40.8 Å². The number of nitrogens with one attached hydrogen (secondary N) is 2. The van der Waals surface area contributed by atoms with Crippen LogP contribution in [0.5, 0.6) is 5.75 Å². The number of thiophene rings is 1. The van der Waals surface area contributed by atoms with Gasteiger partial charge in [-0.15, -0.1) is 11.3 Å². The van der Waals surface area contributed by atoms with Crippen LogP contribution in [0.2, 0.25) is 0 Å². The Hall–Kier alpha value is -4.08. The third kappa shape index (κ3) is 4.33. The monoisotopic (exact) mass is 524 g/mol. The Bertz CT molecular complexity index is 1750. The van der Waals surface area contributed by atoms with Gasteiger partial charge in [-0.25, -0.2) is 0 Å². The fourth-order valence-electron chi connectivity index (χ4n) is 5.17. The van der Waals surface area contributed by atoms with E-state index in [9.17, 15) is 4.39 Å². The minimum absolute atomic E-state index is 0.226. The highest BCUT2D eigenvalue weighted by Gasteiger charge is 2.16. The zero-order chi connectivity index (χ0) is 25.5. The van der Waals surface area contributed by atoms with E-state index < -0.39 is 0 Å². The molecule has 0 atom stereocenters. The number of fused-ring (bicyclic) bond motifs is 2. The first-order chi connectivity index (χ1) is 18.7. The molecule has 1 fully saturated rings. The van der Waals surface area contributed by atoms with Gasteiger partial charge in [0.1, 0.15) is 18.1 Å². The molecule has 7 nitrogen and oxygen atoms in total. The van der Waals surface area contributed by atoms with E-state index in [1.54, 1.807) is 18.5 Å². The Labute approximate surface area is 222 Å². The number of benzene rings is 1. The summed E-state index contributed by atoms with van der Waals surface area (Å²) >= 11 is 1.09. The number of aromatic nitrogens is 5. The van der Waals surface area contributed by atoms with Crippen molar-refractivity contribution in [1.82, 2.24) is 30.0 Å². The van der Waals surface area contributed by atoms with Crippen molar-refractivity contribution >= 4 is 33.1 Å². The zero-order valence-corrected chi connectivity index (χ0v) is 21.4. The second kappa shape index (κ2) is 9.66. The van der Waals surface area contributed by atoms with Gasteiger partial charge < -0.3 is 9.72 Å². The summed E-state index contributed by atoms with van der Waals surface area (Å²) in [6, 6.07) is 15.5. The predicted octanol–water partition coefficient (Wildman–Crippen LogP) is 6.51. The maximum absolute atomic E-state index is 13.7. The first-order valence-corrected chi connectivity index (χ1v) is 13.6. The second-order valence-electron chi connectivity index (χ2n) is 9.55. The van der Waals surface area contributed by atoms with Gasteiger partial charge in [-0.2, -0.15) is 9.49 Å². The fraction of sp³-hybridized carbons (Fsp3) is 0.207. The number of nitrogens with zero attached hydrogens (tertiary/aromatic N) is 4. The van der Waals surface area contributed by atoms with Gasteiger partial charge in [-0.1, -0.05) is 6.07 Å². The first-order valence-electron chi connectivity index (χ1n) is 12.7. The highest BCUT2D eigenvalue weighted by atomic mass is 32.1. The molecular formula is C29H25FN6OS. The van der Waals surface area contributed by atoms with Gasteiger partial charge in [0.05, 0.1) is 28.0 Å². The van der Waals surface area contributed by atoms with E-state index in [1.807, 2.05) is 30.5 Å². The van der Waals surface area contributed by atoms with Gasteiger partial charge in [0.25, 0.3) is 0 Å². The van der Waals surface area contributed by atoms with E-state index >= 15 is 0 Å². The van der Waals surface area contributed by atoms with Crippen LogP contribution >= 0.6 is 11.3 Å². The third-order valence-electron chi connectivity index (χ3n) is 7.09. The molecule has 38 heavy (non-hydrogen) atoms. The lowest BCUT2D eigenvalue weighted by atomic mass is 10.0. The number of ether oxygens (including phenoxy) is 1. The van der Waals surface area contributed by atoms with Crippen LogP contribution in [0, 0.1) is 5.13 Å². The Kier molecular flexibility index (Phi) is 5.87. The minimum Gasteiger partial charge on any atom is -0.491 e. The molecule has 7 rings (SSSR count). The molecule has 2 N–H and O–H groups in total. The quantitative estimate of drug-likeness (QED) is 0.249. The fourth-order valence-corrected chi connectivity index (χ4v) is 5.91. The number of H-pyrrole nitrogens is 2. The summed E-state index contributed by atoms with van der Waals surface area (Å²) in [4.78, 5) is 15.7. The van der Waals surface area contributed by atoms with Crippen molar-refractivity contribution in [2.75, 3.05) is 26.2 Å². The van der Waals surface area contributed by atoms with Crippen LogP contribution in [-0.4, -0.2) is 56.3 Å². The van der Waals surface area contributed by atoms with Crippen molar-refractivity contribution in [3.8, 4) is 38.8 Å². The lowest BCUT2D eigenvalue weighted by Crippen LogP contribution is -2.25. The molecule has 1 saturated heterocycles. The number of rotatable bonds is 7. The standard InChI is InChI=1S/C29H25FN6OS/c30-27-6-5-26(38-27)29-22-15-25(33-23(22)7-8-32-29)28-21-14-18(3-4-24(21)34-35-28)19-13-20(17-31-16-19)37-12-11-36-9-1-2-10-36/h3-8,13-17,33H,1-2,9-12H2,(H,34,35). The largest absolute Gasteiger partial charge is 0.491 e. The molecule has 190 valence electrons. The number of hydrogen-bond acceptors (Lipinski definition) is 6. The lowest BCUT2D eigenvalue weighted by molar-refractivity contribution is 0.237. The summed E-state index contributed by atoms with van der Waals surface area (Å²) in [5.74, 6) is 0.773. The van der Waals surface area contributed by atoms with Crippen molar-refractivity contribution in [3.05, 3.63) is 72.3 Å². The maximum atomic E-state index is 13.7. The summed E-state index contributed by atoms with van der Waals surface area (Å²) in [7, 11) is 0. The average molecular weight is 525 g/mol. The van der Waals surface area contributed by atoms with E-state index in [0.717, 1.165) is 91.6 Å². The summed E-state index contributed by atoms with van der Waals surface area (Å²) < 4.78 is 19.7. The van der Waals surface area contributed by atoms with E-state index in [1.165, 1.54) is 18.9 Å². The Morgan fingerprint density at radius 2 is 1.82 bits per heavy atom. The molecule has 0 radical (unpaired) electrons. The number of halogens is 1. The lowest BCUT2D eigenvalue weighted by Gasteiger charge is -2.15. The molecule has 0 saturated carbocycles. The molecule has 5 aromatic heterocycles. The normalized spacial score (nSPS) is 14.1. The van der Waals surface area contributed by atoms with Crippen LogP contribution in [-0.2, 0) is 0 Å². The van der Waals surface area contributed by atoms with E-state index in [0.29, 0.717) is 6.61 Å². The molecule has 1 aromatic carbocycles. The average Bonchev–Trinajstić information content (AvgIpc) is 3.74. The zero-order valence-electron chi connectivity index (χ0n) is 20.6. The van der Waals surface area contributed by atoms with Gasteiger partial charge in [0.15, 0.2) is 5.13 Å². The van der Waals surface area contributed by atoms with Crippen LogP contribution in [0.1, 0.15) is 12.8 Å². The third-order valence-corrected chi connectivity index (χ3v) is 7.97. The van der Waals surface area contributed by atoms with Crippen LogP contribution in [0.25, 0.3) is 54.9 Å². The first kappa shape index (κ1) is 23.1. The Morgan fingerprint density at radius 1 is 0.921 bits per heavy atom. The Morgan fingerprint density at radius 3 is 2.68 bits per heavy atom. The smallest absolute Gasteiger partial charge is 0.177 e. The van der Waals surface area contributed by atoms with Gasteiger partial charge >= 0.3 is 0 Å². The van der Waals surface area contributed by atoms with E-state index in [4.69, 9.17) is 4.74 Å². The molecular weight excluding hydrogens is 499 g/mol. The molecule has 0 unspecified atom stereocenters.